The van der Waals surface area contributed by atoms with Crippen LogP contribution >= 0.6 is 23.4 Å². The van der Waals surface area contributed by atoms with Crippen LogP contribution < -0.4 is 4.74 Å². The molecular weight excluding hydrogens is 304 g/mol. The number of benzene rings is 2. The van der Waals surface area contributed by atoms with E-state index < -0.39 is 0 Å². The van der Waals surface area contributed by atoms with E-state index in [-0.39, 0.29) is 5.78 Å². The molecule has 0 atom stereocenters. The van der Waals surface area contributed by atoms with Gasteiger partial charge in [-0.2, -0.15) is 0 Å². The highest BCUT2D eigenvalue weighted by molar-refractivity contribution is 8.00. The van der Waals surface area contributed by atoms with Crippen molar-refractivity contribution in [2.45, 2.75) is 23.8 Å². The molecule has 1 aliphatic rings. The minimum absolute atomic E-state index is 0.0953. The van der Waals surface area contributed by atoms with Crippen LogP contribution in [0.5, 0.6) is 5.75 Å². The van der Waals surface area contributed by atoms with Gasteiger partial charge in [0.1, 0.15) is 5.75 Å². The maximum atomic E-state index is 12.2. The second-order valence-corrected chi connectivity index (χ2v) is 6.41. The molecule has 0 heterocycles. The summed E-state index contributed by atoms with van der Waals surface area (Å²) in [5, 5.41) is 0.684. The summed E-state index contributed by atoms with van der Waals surface area (Å²) in [7, 11) is 0. The highest BCUT2D eigenvalue weighted by Gasteiger charge is 2.23. The smallest absolute Gasteiger partial charge is 0.173 e. The number of ketones is 1. The van der Waals surface area contributed by atoms with Crippen LogP contribution in [0.25, 0.3) is 0 Å². The summed E-state index contributed by atoms with van der Waals surface area (Å²) in [5.74, 6) is 1.32. The lowest BCUT2D eigenvalue weighted by atomic mass is 10.1. The third-order valence-electron chi connectivity index (χ3n) is 3.20. The number of halogens is 1. The lowest BCUT2D eigenvalue weighted by Crippen LogP contribution is -2.03. The van der Waals surface area contributed by atoms with Gasteiger partial charge in [0.2, 0.25) is 0 Å². The molecule has 0 bridgehead atoms. The molecule has 0 spiro atoms. The van der Waals surface area contributed by atoms with Gasteiger partial charge in [-0.05, 0) is 49.2 Å². The molecule has 0 aromatic heterocycles. The summed E-state index contributed by atoms with van der Waals surface area (Å²) in [6.45, 7) is 0. The van der Waals surface area contributed by atoms with Gasteiger partial charge in [0.15, 0.2) is 5.78 Å². The van der Waals surface area contributed by atoms with Crippen LogP contribution in [-0.4, -0.2) is 17.6 Å². The maximum Gasteiger partial charge on any atom is 0.173 e. The van der Waals surface area contributed by atoms with Crippen molar-refractivity contribution in [2.24, 2.45) is 0 Å². The zero-order chi connectivity index (χ0) is 14.7. The molecule has 2 aromatic rings. The van der Waals surface area contributed by atoms with Crippen LogP contribution in [0.4, 0.5) is 0 Å². The van der Waals surface area contributed by atoms with Crippen molar-refractivity contribution in [1.82, 2.24) is 0 Å². The highest BCUT2D eigenvalue weighted by Crippen LogP contribution is 2.28. The normalized spacial score (nSPS) is 14.0. The minimum atomic E-state index is 0.0953. The van der Waals surface area contributed by atoms with Gasteiger partial charge in [-0.3, -0.25) is 4.79 Å². The molecule has 0 saturated heterocycles. The predicted octanol–water partition coefficient (Wildman–Crippen LogP) is 4.86. The van der Waals surface area contributed by atoms with E-state index in [4.69, 9.17) is 16.3 Å². The van der Waals surface area contributed by atoms with Gasteiger partial charge >= 0.3 is 0 Å². The van der Waals surface area contributed by atoms with Gasteiger partial charge in [0.25, 0.3) is 0 Å². The standard InChI is InChI=1S/C17H15ClO2S/c18-15-3-1-2-4-17(15)21-11-16(19)12-5-7-13(8-6-12)20-14-9-10-14/h1-8,14H,9-11H2. The van der Waals surface area contributed by atoms with E-state index in [1.807, 2.05) is 48.5 Å². The number of Topliss-reactive ketones (excluding diaryl/α,β-unsaturated/α-hetero) is 1. The molecule has 0 N–H and O–H groups in total. The number of carbonyl (C=O) groups excluding carboxylic acids is 1. The summed E-state index contributed by atoms with van der Waals surface area (Å²) in [6, 6.07) is 14.9. The summed E-state index contributed by atoms with van der Waals surface area (Å²) < 4.78 is 5.67. The molecule has 4 heteroatoms. The van der Waals surface area contributed by atoms with E-state index in [2.05, 4.69) is 0 Å². The van der Waals surface area contributed by atoms with Gasteiger partial charge < -0.3 is 4.74 Å². The fourth-order valence-corrected chi connectivity index (χ4v) is 3.02. The number of carbonyl (C=O) groups is 1. The van der Waals surface area contributed by atoms with Crippen molar-refractivity contribution in [3.05, 3.63) is 59.1 Å². The molecule has 2 aromatic carbocycles. The van der Waals surface area contributed by atoms with E-state index in [1.165, 1.54) is 11.8 Å². The summed E-state index contributed by atoms with van der Waals surface area (Å²) in [4.78, 5) is 13.1. The summed E-state index contributed by atoms with van der Waals surface area (Å²) >= 11 is 7.54. The van der Waals surface area contributed by atoms with Crippen molar-refractivity contribution in [3.63, 3.8) is 0 Å². The average molecular weight is 319 g/mol. The Morgan fingerprint density at radius 2 is 1.86 bits per heavy atom. The molecular formula is C17H15ClO2S. The minimum Gasteiger partial charge on any atom is -0.490 e. The molecule has 0 unspecified atom stereocenters. The molecule has 1 saturated carbocycles. The first-order valence-electron chi connectivity index (χ1n) is 6.89. The Bertz CT molecular complexity index is 635. The zero-order valence-electron chi connectivity index (χ0n) is 11.4. The molecule has 21 heavy (non-hydrogen) atoms. The largest absolute Gasteiger partial charge is 0.490 e. The lowest BCUT2D eigenvalue weighted by Gasteiger charge is -2.06. The van der Waals surface area contributed by atoms with Crippen LogP contribution in [0.1, 0.15) is 23.2 Å². The molecule has 3 rings (SSSR count). The molecule has 0 aliphatic heterocycles. The second-order valence-electron chi connectivity index (χ2n) is 4.98. The SMILES string of the molecule is O=C(CSc1ccccc1Cl)c1ccc(OC2CC2)cc1. The molecule has 1 aliphatic carbocycles. The van der Waals surface area contributed by atoms with E-state index in [1.54, 1.807) is 0 Å². The average Bonchev–Trinajstić information content (AvgIpc) is 3.31. The first kappa shape index (κ1) is 14.5. The van der Waals surface area contributed by atoms with Gasteiger partial charge in [-0.25, -0.2) is 0 Å². The van der Waals surface area contributed by atoms with Crippen LogP contribution in [0.3, 0.4) is 0 Å². The van der Waals surface area contributed by atoms with Crippen molar-refractivity contribution in [3.8, 4) is 5.75 Å². The molecule has 0 amide bonds. The zero-order valence-corrected chi connectivity index (χ0v) is 13.0. The molecule has 0 radical (unpaired) electrons. The molecule has 1 fully saturated rings. The van der Waals surface area contributed by atoms with Crippen LogP contribution in [0, 0.1) is 0 Å². The van der Waals surface area contributed by atoms with Crippen molar-refractivity contribution < 1.29 is 9.53 Å². The third kappa shape index (κ3) is 4.02. The Balaban J connectivity index is 1.58. The van der Waals surface area contributed by atoms with Crippen LogP contribution in [-0.2, 0) is 0 Å². The topological polar surface area (TPSA) is 26.3 Å². The Morgan fingerprint density at radius 3 is 2.52 bits per heavy atom. The quantitative estimate of drug-likeness (QED) is 0.562. The molecule has 2 nitrogen and oxygen atoms in total. The fraction of sp³-hybridized carbons (Fsp3) is 0.235. The Kier molecular flexibility index (Phi) is 4.51. The summed E-state index contributed by atoms with van der Waals surface area (Å²) in [6.07, 6.45) is 2.65. The first-order valence-corrected chi connectivity index (χ1v) is 8.26. The van der Waals surface area contributed by atoms with Crippen molar-refractivity contribution >= 4 is 29.1 Å². The second kappa shape index (κ2) is 6.54. The van der Waals surface area contributed by atoms with Gasteiger partial charge in [0, 0.05) is 10.5 Å². The Hall–Kier alpha value is -1.45. The number of hydrogen-bond donors (Lipinski definition) is 0. The van der Waals surface area contributed by atoms with Gasteiger partial charge in [-0.1, -0.05) is 23.7 Å². The Morgan fingerprint density at radius 1 is 1.14 bits per heavy atom. The first-order chi connectivity index (χ1) is 10.2. The number of rotatable bonds is 6. The maximum absolute atomic E-state index is 12.2. The number of hydrogen-bond acceptors (Lipinski definition) is 3. The van der Waals surface area contributed by atoms with Crippen LogP contribution in [0.15, 0.2) is 53.4 Å². The van der Waals surface area contributed by atoms with E-state index >= 15 is 0 Å². The van der Waals surface area contributed by atoms with Gasteiger partial charge in [0.05, 0.1) is 16.9 Å². The molecule has 108 valence electrons. The predicted molar refractivity (Wildman–Crippen MR) is 86.6 cm³/mol. The fourth-order valence-electron chi connectivity index (χ4n) is 1.89. The van der Waals surface area contributed by atoms with E-state index in [0.29, 0.717) is 22.4 Å². The highest BCUT2D eigenvalue weighted by atomic mass is 35.5. The lowest BCUT2D eigenvalue weighted by molar-refractivity contribution is 0.102. The summed E-state index contributed by atoms with van der Waals surface area (Å²) in [5.41, 5.74) is 0.706. The van der Waals surface area contributed by atoms with Crippen LogP contribution in [0.2, 0.25) is 5.02 Å². The van der Waals surface area contributed by atoms with E-state index in [9.17, 15) is 4.79 Å². The number of ether oxygens (including phenoxy) is 1. The van der Waals surface area contributed by atoms with E-state index in [0.717, 1.165) is 23.5 Å². The van der Waals surface area contributed by atoms with Gasteiger partial charge in [-0.15, -0.1) is 11.8 Å². The van der Waals surface area contributed by atoms with Crippen molar-refractivity contribution in [2.75, 3.05) is 5.75 Å². The Labute approximate surface area is 133 Å². The third-order valence-corrected chi connectivity index (χ3v) is 4.71. The number of thioether (sulfide) groups is 1. The van der Waals surface area contributed by atoms with Crippen molar-refractivity contribution in [1.29, 1.82) is 0 Å². The monoisotopic (exact) mass is 318 g/mol.